The van der Waals surface area contributed by atoms with Crippen LogP contribution in [-0.4, -0.2) is 33.5 Å². The Morgan fingerprint density at radius 3 is 1.64 bits per heavy atom. The van der Waals surface area contributed by atoms with Crippen LogP contribution in [0.15, 0.2) is 0 Å². The third-order valence-electron chi connectivity index (χ3n) is 2.40. The maximum absolute atomic E-state index is 2.13. The lowest BCUT2D eigenvalue weighted by atomic mass is 10.3. The molecule has 2 unspecified atom stereocenters. The van der Waals surface area contributed by atoms with Gasteiger partial charge in [-0.3, -0.25) is 0 Å². The van der Waals surface area contributed by atoms with Gasteiger partial charge in [-0.05, 0) is 25.7 Å². The predicted molar refractivity (Wildman–Crippen MR) is 75.9 cm³/mol. The van der Waals surface area contributed by atoms with Gasteiger partial charge in [-0.25, -0.2) is 0 Å². The van der Waals surface area contributed by atoms with Gasteiger partial charge in [-0.2, -0.15) is 23.5 Å². The summed E-state index contributed by atoms with van der Waals surface area (Å²) < 4.78 is 0. The van der Waals surface area contributed by atoms with Gasteiger partial charge >= 0.3 is 0 Å². The minimum atomic E-state index is 1.05. The highest BCUT2D eigenvalue weighted by molar-refractivity contribution is 8.76. The largest absolute Gasteiger partial charge is 0.157 e. The Bertz CT molecular complexity index is 136. The lowest BCUT2D eigenvalue weighted by Crippen LogP contribution is -1.87. The van der Waals surface area contributed by atoms with Gasteiger partial charge < -0.3 is 0 Å². The Morgan fingerprint density at radius 1 is 0.857 bits per heavy atom. The maximum atomic E-state index is 2.13. The molecule has 0 bridgehead atoms. The first kappa shape index (κ1) is 11.9. The molecule has 0 saturated carbocycles. The second kappa shape index (κ2) is 6.87. The molecule has 0 aromatic rings. The Morgan fingerprint density at radius 2 is 1.29 bits per heavy atom. The van der Waals surface area contributed by atoms with Crippen molar-refractivity contribution in [1.82, 2.24) is 0 Å². The van der Waals surface area contributed by atoms with E-state index in [0.29, 0.717) is 0 Å². The van der Waals surface area contributed by atoms with Gasteiger partial charge in [0.1, 0.15) is 0 Å². The number of thioether (sulfide) groups is 2. The SMILES string of the molecule is C(CSSCCCC1CS1)CC1CS1. The molecule has 0 N–H and O–H groups in total. The summed E-state index contributed by atoms with van der Waals surface area (Å²) in [6.07, 6.45) is 5.81. The first-order chi connectivity index (χ1) is 6.95. The number of hydrogen-bond acceptors (Lipinski definition) is 4. The van der Waals surface area contributed by atoms with E-state index in [1.165, 1.54) is 48.7 Å². The highest BCUT2D eigenvalue weighted by atomic mass is 33.1. The molecule has 2 atom stereocenters. The van der Waals surface area contributed by atoms with E-state index in [-0.39, 0.29) is 0 Å². The van der Waals surface area contributed by atoms with E-state index in [9.17, 15) is 0 Å². The van der Waals surface area contributed by atoms with Crippen LogP contribution in [0.4, 0.5) is 0 Å². The smallest absolute Gasteiger partial charge is 0.0138 e. The van der Waals surface area contributed by atoms with Gasteiger partial charge in [-0.1, -0.05) is 21.6 Å². The van der Waals surface area contributed by atoms with Gasteiger partial charge in [0, 0.05) is 33.5 Å². The lowest BCUT2D eigenvalue weighted by Gasteiger charge is -2.00. The van der Waals surface area contributed by atoms with Gasteiger partial charge in [-0.15, -0.1) is 0 Å². The van der Waals surface area contributed by atoms with Crippen molar-refractivity contribution in [3.05, 3.63) is 0 Å². The molecule has 2 rings (SSSR count). The normalized spacial score (nSPS) is 29.1. The standard InChI is InChI=1S/C10H18S4/c1(3-9-7-11-9)5-13-14-6-2-4-10-8-12-10/h9-10H,1-8H2. The summed E-state index contributed by atoms with van der Waals surface area (Å²) in [6, 6.07) is 0. The molecular formula is C10H18S4. The molecule has 0 aromatic carbocycles. The summed E-state index contributed by atoms with van der Waals surface area (Å²) in [4.78, 5) is 0. The van der Waals surface area contributed by atoms with Crippen LogP contribution in [0.3, 0.4) is 0 Å². The molecule has 0 aromatic heterocycles. The van der Waals surface area contributed by atoms with Crippen LogP contribution in [0, 0.1) is 0 Å². The van der Waals surface area contributed by atoms with Crippen molar-refractivity contribution in [3.63, 3.8) is 0 Å². The van der Waals surface area contributed by atoms with E-state index in [4.69, 9.17) is 0 Å². The fraction of sp³-hybridized carbons (Fsp3) is 1.00. The van der Waals surface area contributed by atoms with E-state index < -0.39 is 0 Å². The first-order valence-corrected chi connectivity index (χ1v) is 10.0. The number of hydrogen-bond donors (Lipinski definition) is 0. The van der Waals surface area contributed by atoms with Crippen molar-refractivity contribution in [3.8, 4) is 0 Å². The predicted octanol–water partition coefficient (Wildman–Crippen LogP) is 4.16. The van der Waals surface area contributed by atoms with E-state index in [2.05, 4.69) is 45.1 Å². The van der Waals surface area contributed by atoms with E-state index in [0.717, 1.165) is 10.5 Å². The highest BCUT2D eigenvalue weighted by Gasteiger charge is 2.21. The lowest BCUT2D eigenvalue weighted by molar-refractivity contribution is 0.838. The molecule has 82 valence electrons. The van der Waals surface area contributed by atoms with Crippen molar-refractivity contribution in [1.29, 1.82) is 0 Å². The summed E-state index contributed by atoms with van der Waals surface area (Å²) in [5.41, 5.74) is 0. The van der Waals surface area contributed by atoms with Crippen molar-refractivity contribution < 1.29 is 0 Å². The van der Waals surface area contributed by atoms with E-state index in [1.807, 2.05) is 0 Å². The van der Waals surface area contributed by atoms with Crippen molar-refractivity contribution >= 4 is 45.1 Å². The molecule has 14 heavy (non-hydrogen) atoms. The van der Waals surface area contributed by atoms with Crippen molar-refractivity contribution in [2.75, 3.05) is 23.0 Å². The fourth-order valence-corrected chi connectivity index (χ4v) is 4.82. The quantitative estimate of drug-likeness (QED) is 0.349. The second-order valence-electron chi connectivity index (χ2n) is 3.84. The molecule has 2 aliphatic rings. The minimum Gasteiger partial charge on any atom is -0.157 e. The van der Waals surface area contributed by atoms with Gasteiger partial charge in [0.2, 0.25) is 0 Å². The van der Waals surface area contributed by atoms with Crippen LogP contribution in [-0.2, 0) is 0 Å². The van der Waals surface area contributed by atoms with Crippen LogP contribution in [0.5, 0.6) is 0 Å². The van der Waals surface area contributed by atoms with E-state index >= 15 is 0 Å². The van der Waals surface area contributed by atoms with Crippen molar-refractivity contribution in [2.24, 2.45) is 0 Å². The molecule has 0 spiro atoms. The maximum Gasteiger partial charge on any atom is 0.0138 e. The minimum absolute atomic E-state index is 1.05. The monoisotopic (exact) mass is 266 g/mol. The molecule has 0 aliphatic carbocycles. The van der Waals surface area contributed by atoms with E-state index in [1.54, 1.807) is 0 Å². The molecule has 0 radical (unpaired) electrons. The van der Waals surface area contributed by atoms with Crippen LogP contribution >= 0.6 is 45.1 Å². The van der Waals surface area contributed by atoms with Crippen LogP contribution < -0.4 is 0 Å². The summed E-state index contributed by atoms with van der Waals surface area (Å²) in [5.74, 6) is 5.63. The summed E-state index contributed by atoms with van der Waals surface area (Å²) in [7, 11) is 4.19. The Labute approximate surface area is 104 Å². The van der Waals surface area contributed by atoms with Gasteiger partial charge in [0.15, 0.2) is 0 Å². The fourth-order valence-electron chi connectivity index (χ4n) is 1.33. The van der Waals surface area contributed by atoms with Crippen molar-refractivity contribution in [2.45, 2.75) is 36.2 Å². The Kier molecular flexibility index (Phi) is 5.83. The average molecular weight is 267 g/mol. The van der Waals surface area contributed by atoms with Crippen LogP contribution in [0.25, 0.3) is 0 Å². The average Bonchev–Trinajstić information content (AvgIpc) is 3.00. The van der Waals surface area contributed by atoms with Gasteiger partial charge in [0.25, 0.3) is 0 Å². The molecule has 2 aliphatic heterocycles. The summed E-state index contributed by atoms with van der Waals surface area (Å²) in [6.45, 7) is 0. The zero-order chi connectivity index (χ0) is 9.64. The zero-order valence-electron chi connectivity index (χ0n) is 8.44. The third-order valence-corrected chi connectivity index (χ3v) is 7.05. The van der Waals surface area contributed by atoms with Gasteiger partial charge in [0.05, 0.1) is 0 Å². The number of rotatable bonds is 9. The molecule has 2 saturated heterocycles. The molecule has 0 amide bonds. The molecule has 4 heteroatoms. The molecule has 0 nitrogen and oxygen atoms in total. The van der Waals surface area contributed by atoms with Crippen LogP contribution in [0.2, 0.25) is 0 Å². The highest BCUT2D eigenvalue weighted by Crippen LogP contribution is 2.36. The zero-order valence-corrected chi connectivity index (χ0v) is 11.7. The molecule has 2 heterocycles. The Balaban J connectivity index is 1.25. The first-order valence-electron chi connectivity index (χ1n) is 5.43. The topological polar surface area (TPSA) is 0 Å². The second-order valence-corrected chi connectivity index (χ2v) is 9.21. The summed E-state index contributed by atoms with van der Waals surface area (Å²) >= 11 is 4.26. The molecule has 2 fully saturated rings. The Hall–Kier alpha value is 1.40. The van der Waals surface area contributed by atoms with Crippen LogP contribution in [0.1, 0.15) is 25.7 Å². The third kappa shape index (κ3) is 6.09. The molecular weight excluding hydrogens is 248 g/mol. The summed E-state index contributed by atoms with van der Waals surface area (Å²) in [5, 5.41) is 2.10.